The van der Waals surface area contributed by atoms with Crippen LogP contribution in [0.5, 0.6) is 5.75 Å². The van der Waals surface area contributed by atoms with Crippen LogP contribution in [0.25, 0.3) is 22.3 Å². The number of H-pyrrole nitrogens is 1. The largest absolute Gasteiger partial charge is 0.494 e. The molecule has 11 nitrogen and oxygen atoms in total. The molecule has 0 radical (unpaired) electrons. The fourth-order valence-corrected chi connectivity index (χ4v) is 5.11. The van der Waals surface area contributed by atoms with Crippen LogP contribution in [-0.2, 0) is 4.79 Å². The number of pyridine rings is 1. The average molecular weight is 538 g/mol. The number of aryl methyl sites for hydroxylation is 2. The lowest BCUT2D eigenvalue weighted by molar-refractivity contribution is -0.126. The summed E-state index contributed by atoms with van der Waals surface area (Å²) in [6, 6.07) is 11.7. The number of rotatable bonds is 6. The van der Waals surface area contributed by atoms with Gasteiger partial charge in [0.05, 0.1) is 35.5 Å². The van der Waals surface area contributed by atoms with Gasteiger partial charge in [-0.2, -0.15) is 5.10 Å². The Bertz CT molecular complexity index is 1750. The van der Waals surface area contributed by atoms with Gasteiger partial charge < -0.3 is 19.0 Å². The van der Waals surface area contributed by atoms with Crippen LogP contribution in [0, 0.1) is 13.8 Å². The van der Waals surface area contributed by atoms with Crippen molar-refractivity contribution in [3.63, 3.8) is 0 Å². The summed E-state index contributed by atoms with van der Waals surface area (Å²) in [7, 11) is 1.50. The Hall–Kier alpha value is -5.06. The van der Waals surface area contributed by atoms with Gasteiger partial charge in [0.1, 0.15) is 5.75 Å². The summed E-state index contributed by atoms with van der Waals surface area (Å²) in [6.45, 7) is 4.42. The molecule has 1 fully saturated rings. The molecule has 1 aromatic carbocycles. The van der Waals surface area contributed by atoms with E-state index in [-0.39, 0.29) is 5.56 Å². The number of nitrogens with zero attached hydrogens (tertiary/aromatic N) is 6. The maximum Gasteiger partial charge on any atom is 0.295 e. The number of aromatic nitrogens is 6. The number of likely N-dealkylation sites (tertiary alicyclic amines) is 1. The van der Waals surface area contributed by atoms with Crippen LogP contribution in [-0.4, -0.2) is 66.7 Å². The molecule has 0 saturated carbocycles. The monoisotopic (exact) mass is 537 g/mol. The molecule has 202 valence electrons. The van der Waals surface area contributed by atoms with Gasteiger partial charge >= 0.3 is 0 Å². The predicted molar refractivity (Wildman–Crippen MR) is 146 cm³/mol. The van der Waals surface area contributed by atoms with Crippen LogP contribution in [0.15, 0.2) is 65.0 Å². The van der Waals surface area contributed by atoms with Crippen LogP contribution in [0.1, 0.15) is 46.2 Å². The number of Topliss-reactive ketones (excluding diaryl/α,β-unsaturated/α-hetero) is 1. The number of amides is 1. The molecule has 6 rings (SSSR count). The second-order valence-corrected chi connectivity index (χ2v) is 9.60. The molecule has 1 amide bonds. The van der Waals surface area contributed by atoms with Crippen molar-refractivity contribution in [1.29, 1.82) is 0 Å². The lowest BCUT2D eigenvalue weighted by Gasteiger charge is -2.29. The molecule has 0 bridgehead atoms. The summed E-state index contributed by atoms with van der Waals surface area (Å²) in [5.74, 6) is 0.667. The van der Waals surface area contributed by atoms with E-state index in [0.717, 1.165) is 22.4 Å². The third kappa shape index (κ3) is 4.45. The van der Waals surface area contributed by atoms with Crippen molar-refractivity contribution in [2.75, 3.05) is 20.2 Å². The Morgan fingerprint density at radius 3 is 2.48 bits per heavy atom. The van der Waals surface area contributed by atoms with Crippen LogP contribution in [0.3, 0.4) is 0 Å². The number of piperidine rings is 1. The fourth-order valence-electron chi connectivity index (χ4n) is 5.11. The lowest BCUT2D eigenvalue weighted by Crippen LogP contribution is -2.40. The number of aromatic amines is 1. The van der Waals surface area contributed by atoms with E-state index >= 15 is 0 Å². The molecule has 5 heterocycles. The summed E-state index contributed by atoms with van der Waals surface area (Å²) in [6.07, 6.45) is 6.01. The van der Waals surface area contributed by atoms with Gasteiger partial charge in [-0.25, -0.2) is 9.67 Å². The van der Waals surface area contributed by atoms with Crippen molar-refractivity contribution in [3.8, 4) is 11.6 Å². The number of hydrogen-bond acceptors (Lipinski definition) is 8. The molecule has 0 aliphatic carbocycles. The highest BCUT2D eigenvalue weighted by Crippen LogP contribution is 2.34. The Kier molecular flexibility index (Phi) is 6.47. The molecular formula is C29H27N7O4. The van der Waals surface area contributed by atoms with Gasteiger partial charge in [-0.3, -0.25) is 9.59 Å². The van der Waals surface area contributed by atoms with Crippen molar-refractivity contribution in [2.24, 2.45) is 0 Å². The normalized spacial score (nSPS) is 13.6. The fraction of sp³-hybridized carbons (Fsp3) is 0.241. The number of benzene rings is 1. The highest BCUT2D eigenvalue weighted by Gasteiger charge is 2.31. The van der Waals surface area contributed by atoms with Gasteiger partial charge in [0, 0.05) is 38.0 Å². The number of methoxy groups -OCH3 is 1. The number of hydrogen-bond donors (Lipinski definition) is 1. The zero-order valence-corrected chi connectivity index (χ0v) is 22.3. The van der Waals surface area contributed by atoms with E-state index in [0.29, 0.717) is 60.2 Å². The van der Waals surface area contributed by atoms with Crippen molar-refractivity contribution < 1.29 is 18.7 Å². The number of carbonyl (C=O) groups is 2. The van der Waals surface area contributed by atoms with E-state index in [2.05, 4.69) is 25.3 Å². The lowest BCUT2D eigenvalue weighted by atomic mass is 9.92. The topological polar surface area (TPSA) is 132 Å². The van der Waals surface area contributed by atoms with Gasteiger partial charge in [-0.1, -0.05) is 35.9 Å². The Balaban J connectivity index is 1.28. The molecule has 0 atom stereocenters. The van der Waals surface area contributed by atoms with Crippen molar-refractivity contribution in [1.82, 2.24) is 34.8 Å². The van der Waals surface area contributed by atoms with Gasteiger partial charge in [-0.15, -0.1) is 10.2 Å². The minimum Gasteiger partial charge on any atom is -0.494 e. The first kappa shape index (κ1) is 25.2. The smallest absolute Gasteiger partial charge is 0.295 e. The number of ketones is 1. The van der Waals surface area contributed by atoms with Gasteiger partial charge in [0.25, 0.3) is 11.7 Å². The molecule has 1 aliphatic rings. The minimum atomic E-state index is -0.610. The van der Waals surface area contributed by atoms with E-state index in [1.165, 1.54) is 19.5 Å². The van der Waals surface area contributed by atoms with E-state index < -0.39 is 11.7 Å². The van der Waals surface area contributed by atoms with E-state index in [1.807, 2.05) is 43.3 Å². The first-order valence-electron chi connectivity index (χ1n) is 12.9. The van der Waals surface area contributed by atoms with E-state index in [4.69, 9.17) is 9.15 Å². The Labute approximate surface area is 229 Å². The second kappa shape index (κ2) is 10.3. The highest BCUT2D eigenvalue weighted by atomic mass is 16.5. The second-order valence-electron chi connectivity index (χ2n) is 9.60. The minimum absolute atomic E-state index is 0.233. The highest BCUT2D eigenvalue weighted by molar-refractivity contribution is 6.45. The average Bonchev–Trinajstić information content (AvgIpc) is 3.73. The maximum atomic E-state index is 13.5. The van der Waals surface area contributed by atoms with E-state index in [1.54, 1.807) is 22.7 Å². The third-order valence-corrected chi connectivity index (χ3v) is 7.06. The van der Waals surface area contributed by atoms with Gasteiger partial charge in [-0.05, 0) is 31.4 Å². The van der Waals surface area contributed by atoms with Crippen molar-refractivity contribution >= 4 is 28.2 Å². The molecule has 40 heavy (non-hydrogen) atoms. The standard InChI is InChI=1S/C29H27N7O4/c1-17-9-14-36(34-17)27-25-24(22(39-3)16-31-27)21(15-30-25)26(37)29(38)35-12-10-20(11-13-35)23(19-7-5-4-6-8-19)28-33-32-18(2)40-28/h4-9,14-16,30H,10-13H2,1-3H3. The van der Waals surface area contributed by atoms with Crippen LogP contribution < -0.4 is 4.74 Å². The molecule has 1 aliphatic heterocycles. The molecule has 1 saturated heterocycles. The summed E-state index contributed by atoms with van der Waals surface area (Å²) < 4.78 is 12.9. The number of ether oxygens (including phenoxy) is 1. The third-order valence-electron chi connectivity index (χ3n) is 7.06. The number of carbonyl (C=O) groups excluding carboxylic acids is 2. The summed E-state index contributed by atoms with van der Waals surface area (Å²) >= 11 is 0. The van der Waals surface area contributed by atoms with Crippen LogP contribution >= 0.6 is 0 Å². The molecule has 0 spiro atoms. The first-order chi connectivity index (χ1) is 19.4. The molecule has 1 N–H and O–H groups in total. The Morgan fingerprint density at radius 1 is 1.05 bits per heavy atom. The SMILES string of the molecule is COc1cnc(-n2ccc(C)n2)c2[nH]cc(C(=O)C(=O)N3CCC(=C(c4ccccc4)c4nnc(C)o4)CC3)c12. The number of fused-ring (bicyclic) bond motifs is 1. The van der Waals surface area contributed by atoms with Gasteiger partial charge in [0.15, 0.2) is 5.82 Å². The predicted octanol–water partition coefficient (Wildman–Crippen LogP) is 4.06. The quantitative estimate of drug-likeness (QED) is 0.253. The summed E-state index contributed by atoms with van der Waals surface area (Å²) in [5, 5.41) is 13.2. The van der Waals surface area contributed by atoms with Crippen molar-refractivity contribution in [3.05, 3.63) is 89.2 Å². The summed E-state index contributed by atoms with van der Waals surface area (Å²) in [4.78, 5) is 36.2. The summed E-state index contributed by atoms with van der Waals surface area (Å²) in [5.41, 5.74) is 4.58. The molecule has 4 aromatic heterocycles. The van der Waals surface area contributed by atoms with Crippen molar-refractivity contribution in [2.45, 2.75) is 26.7 Å². The van der Waals surface area contributed by atoms with Gasteiger partial charge in [0.2, 0.25) is 11.8 Å². The molecule has 11 heteroatoms. The van der Waals surface area contributed by atoms with Crippen LogP contribution in [0.2, 0.25) is 0 Å². The Morgan fingerprint density at radius 2 is 1.82 bits per heavy atom. The van der Waals surface area contributed by atoms with E-state index in [9.17, 15) is 9.59 Å². The first-order valence-corrected chi connectivity index (χ1v) is 12.9. The maximum absolute atomic E-state index is 13.5. The number of nitrogens with one attached hydrogen (secondary N) is 1. The zero-order chi connectivity index (χ0) is 27.8. The molecule has 0 unspecified atom stereocenters. The molecule has 5 aromatic rings. The molecular weight excluding hydrogens is 510 g/mol. The zero-order valence-electron chi connectivity index (χ0n) is 22.3. The van der Waals surface area contributed by atoms with Crippen LogP contribution in [0.4, 0.5) is 0 Å².